The van der Waals surface area contributed by atoms with Crippen LogP contribution in [0.15, 0.2) is 81.0 Å². The molecule has 0 aliphatic carbocycles. The molecule has 5 rings (SSSR count). The van der Waals surface area contributed by atoms with Crippen LogP contribution in [0.4, 0.5) is 0 Å². The van der Waals surface area contributed by atoms with Crippen molar-refractivity contribution < 1.29 is 23.4 Å². The summed E-state index contributed by atoms with van der Waals surface area (Å²) in [4.78, 5) is 30.2. The largest absolute Gasteiger partial charge is 0.496 e. The number of fused-ring (bicyclic) bond motifs is 2. The van der Waals surface area contributed by atoms with E-state index in [1.807, 2.05) is 30.3 Å². The molecule has 10 heteroatoms. The maximum atomic E-state index is 13.5. The number of methoxy groups -OCH3 is 1. The summed E-state index contributed by atoms with van der Waals surface area (Å²) in [5.41, 5.74) is 1.51. The van der Waals surface area contributed by atoms with Gasteiger partial charge < -0.3 is 18.6 Å². The minimum Gasteiger partial charge on any atom is -0.496 e. The molecule has 198 valence electrons. The van der Waals surface area contributed by atoms with Gasteiger partial charge in [0.2, 0.25) is 5.82 Å². The molecule has 0 radical (unpaired) electrons. The second-order valence-corrected chi connectivity index (χ2v) is 9.66. The molecule has 0 unspecified atom stereocenters. The highest BCUT2D eigenvalue weighted by Gasteiger charge is 2.19. The van der Waals surface area contributed by atoms with E-state index in [4.69, 9.17) is 23.6 Å². The molecule has 0 N–H and O–H groups in total. The lowest BCUT2D eigenvalue weighted by atomic mass is 10.2. The topological polar surface area (TPSA) is 105 Å². The van der Waals surface area contributed by atoms with Crippen molar-refractivity contribution in [2.75, 3.05) is 13.7 Å². The van der Waals surface area contributed by atoms with Crippen LogP contribution in [0.25, 0.3) is 33.5 Å². The van der Waals surface area contributed by atoms with Gasteiger partial charge in [-0.15, -0.1) is 0 Å². The molecule has 0 bridgehead atoms. The molecular weight excluding hydrogens is 613 g/mol. The third-order valence-corrected chi connectivity index (χ3v) is 6.76. The molecule has 0 amide bonds. The smallest absolute Gasteiger partial charge is 0.347 e. The van der Waals surface area contributed by atoms with Gasteiger partial charge in [-0.1, -0.05) is 18.2 Å². The number of hydrogen-bond donors (Lipinski definition) is 0. The quantitative estimate of drug-likeness (QED) is 0.123. The third-order valence-electron chi connectivity index (χ3n) is 5.92. The normalized spacial score (nSPS) is 12.2. The molecule has 2 heterocycles. The Hall–Kier alpha value is -4.19. The van der Waals surface area contributed by atoms with Crippen molar-refractivity contribution in [3.8, 4) is 23.1 Å². The summed E-state index contributed by atoms with van der Waals surface area (Å²) in [5.74, 6) is 1.38. The molecule has 0 saturated heterocycles. The molecule has 0 spiro atoms. The summed E-state index contributed by atoms with van der Waals surface area (Å²) in [6.45, 7) is 3.67. The lowest BCUT2D eigenvalue weighted by molar-refractivity contribution is -0.150. The average Bonchev–Trinajstić information content (AvgIpc) is 3.38. The van der Waals surface area contributed by atoms with Crippen molar-refractivity contribution in [3.63, 3.8) is 0 Å². The summed E-state index contributed by atoms with van der Waals surface area (Å²) in [6.07, 6.45) is 0.816. The summed E-state index contributed by atoms with van der Waals surface area (Å²) in [7, 11) is 1.59. The molecular formula is C29H24IN3O6. The van der Waals surface area contributed by atoms with Crippen molar-refractivity contribution in [3.05, 3.63) is 86.2 Å². The highest BCUT2D eigenvalue weighted by molar-refractivity contribution is 14.1. The van der Waals surface area contributed by atoms with E-state index in [0.29, 0.717) is 39.3 Å². The molecule has 2 aromatic heterocycles. The van der Waals surface area contributed by atoms with Gasteiger partial charge in [-0.2, -0.15) is 9.78 Å². The number of hydrogen-bond acceptors (Lipinski definition) is 8. The average molecular weight is 637 g/mol. The van der Waals surface area contributed by atoms with Crippen LogP contribution in [0.1, 0.15) is 19.4 Å². The minimum absolute atomic E-state index is 0.256. The predicted molar refractivity (Wildman–Crippen MR) is 157 cm³/mol. The summed E-state index contributed by atoms with van der Waals surface area (Å²) in [5, 5.41) is 5.70. The maximum Gasteiger partial charge on any atom is 0.347 e. The van der Waals surface area contributed by atoms with Crippen molar-refractivity contribution in [2.24, 2.45) is 5.10 Å². The molecule has 0 fully saturated rings. The SMILES string of the molecule is CCOC(=O)[C@H](C)Oc1ccc(C=Nn2c(-c3cc4c(OC)cccc4o3)nc3ccccc3c2=O)cc1I. The Kier molecular flexibility index (Phi) is 7.64. The molecule has 0 aliphatic heterocycles. The number of ether oxygens (including phenoxy) is 3. The second-order valence-electron chi connectivity index (χ2n) is 8.50. The lowest BCUT2D eigenvalue weighted by Crippen LogP contribution is -2.26. The monoisotopic (exact) mass is 637 g/mol. The van der Waals surface area contributed by atoms with Gasteiger partial charge in [-0.05, 0) is 90.5 Å². The number of nitrogens with zero attached hydrogens (tertiary/aromatic N) is 3. The van der Waals surface area contributed by atoms with Crippen LogP contribution in [0.2, 0.25) is 0 Å². The first-order valence-electron chi connectivity index (χ1n) is 12.2. The molecule has 1 atom stereocenters. The molecule has 0 aliphatic rings. The Morgan fingerprint density at radius 1 is 1.10 bits per heavy atom. The zero-order valence-electron chi connectivity index (χ0n) is 21.4. The van der Waals surface area contributed by atoms with Crippen molar-refractivity contribution in [2.45, 2.75) is 20.0 Å². The van der Waals surface area contributed by atoms with Crippen LogP contribution >= 0.6 is 22.6 Å². The minimum atomic E-state index is -0.745. The van der Waals surface area contributed by atoms with Gasteiger partial charge in [0, 0.05) is 0 Å². The lowest BCUT2D eigenvalue weighted by Gasteiger charge is -2.14. The van der Waals surface area contributed by atoms with E-state index in [0.717, 1.165) is 8.96 Å². The van der Waals surface area contributed by atoms with E-state index in [1.165, 1.54) is 4.68 Å². The maximum absolute atomic E-state index is 13.5. The Bertz CT molecular complexity index is 1770. The molecule has 5 aromatic rings. The van der Waals surface area contributed by atoms with Crippen LogP contribution < -0.4 is 15.0 Å². The van der Waals surface area contributed by atoms with Gasteiger partial charge in [0.05, 0.1) is 39.8 Å². The van der Waals surface area contributed by atoms with Crippen LogP contribution in [-0.4, -0.2) is 41.7 Å². The number of rotatable bonds is 8. The number of halogens is 1. The Balaban J connectivity index is 1.55. The Labute approximate surface area is 237 Å². The Morgan fingerprint density at radius 2 is 1.92 bits per heavy atom. The number of carbonyl (C=O) groups is 1. The van der Waals surface area contributed by atoms with E-state index in [9.17, 15) is 9.59 Å². The van der Waals surface area contributed by atoms with Gasteiger partial charge in [0.25, 0.3) is 5.56 Å². The number of aromatic nitrogens is 2. The summed E-state index contributed by atoms with van der Waals surface area (Å²) < 4.78 is 24.3. The summed E-state index contributed by atoms with van der Waals surface area (Å²) in [6, 6.07) is 19.7. The third kappa shape index (κ3) is 5.37. The van der Waals surface area contributed by atoms with Gasteiger partial charge in [0.1, 0.15) is 17.1 Å². The first kappa shape index (κ1) is 26.4. The zero-order chi connectivity index (χ0) is 27.5. The molecule has 39 heavy (non-hydrogen) atoms. The number of carbonyl (C=O) groups excluding carboxylic acids is 1. The highest BCUT2D eigenvalue weighted by atomic mass is 127. The summed E-state index contributed by atoms with van der Waals surface area (Å²) >= 11 is 2.12. The van der Waals surface area contributed by atoms with Crippen molar-refractivity contribution in [1.82, 2.24) is 9.66 Å². The van der Waals surface area contributed by atoms with Gasteiger partial charge in [-0.25, -0.2) is 9.78 Å². The van der Waals surface area contributed by atoms with Crippen molar-refractivity contribution in [1.29, 1.82) is 0 Å². The number of benzene rings is 3. The van der Waals surface area contributed by atoms with Crippen molar-refractivity contribution >= 4 is 56.6 Å². The van der Waals surface area contributed by atoms with Crippen LogP contribution in [0.3, 0.4) is 0 Å². The van der Waals surface area contributed by atoms with Gasteiger partial charge >= 0.3 is 5.97 Å². The Morgan fingerprint density at radius 3 is 2.69 bits per heavy atom. The zero-order valence-corrected chi connectivity index (χ0v) is 23.5. The molecule has 3 aromatic carbocycles. The standard InChI is InChI=1S/C29H24IN3O6/c1-4-37-29(35)17(2)38-25-13-12-18(14-21(25)30)16-31-33-27(32-22-9-6-5-8-19(22)28(33)34)26-15-20-23(36-3)10-7-11-24(20)39-26/h5-17H,4H2,1-3H3/t17-/m0/s1. The number of esters is 1. The first-order chi connectivity index (χ1) is 18.9. The fourth-order valence-corrected chi connectivity index (χ4v) is 4.69. The number of para-hydroxylation sites is 1. The van der Waals surface area contributed by atoms with E-state index < -0.39 is 12.1 Å². The fraction of sp³-hybridized carbons (Fsp3) is 0.172. The van der Waals surface area contributed by atoms with Crippen LogP contribution in [0, 0.1) is 3.57 Å². The molecule has 9 nitrogen and oxygen atoms in total. The first-order valence-corrected chi connectivity index (χ1v) is 13.2. The second kappa shape index (κ2) is 11.3. The van der Waals surface area contributed by atoms with E-state index in [-0.39, 0.29) is 18.0 Å². The van der Waals surface area contributed by atoms with Crippen LogP contribution in [-0.2, 0) is 9.53 Å². The van der Waals surface area contributed by atoms with E-state index in [1.54, 1.807) is 63.6 Å². The van der Waals surface area contributed by atoms with Crippen LogP contribution in [0.5, 0.6) is 11.5 Å². The van der Waals surface area contributed by atoms with Gasteiger partial charge in [0.15, 0.2) is 11.9 Å². The van der Waals surface area contributed by atoms with E-state index >= 15 is 0 Å². The van der Waals surface area contributed by atoms with E-state index in [2.05, 4.69) is 27.7 Å². The molecule has 0 saturated carbocycles. The number of furan rings is 1. The fourth-order valence-electron chi connectivity index (χ4n) is 4.03. The van der Waals surface area contributed by atoms with Gasteiger partial charge in [-0.3, -0.25) is 4.79 Å². The predicted octanol–water partition coefficient (Wildman–Crippen LogP) is 5.64. The highest BCUT2D eigenvalue weighted by Crippen LogP contribution is 2.33.